The van der Waals surface area contributed by atoms with E-state index in [-0.39, 0.29) is 12.3 Å². The Morgan fingerprint density at radius 2 is 2.27 bits per heavy atom. The SMILES string of the molecule is COc1c(O)cccc1C[NH]. The van der Waals surface area contributed by atoms with Crippen molar-refractivity contribution in [1.29, 1.82) is 0 Å². The van der Waals surface area contributed by atoms with Crippen molar-refractivity contribution in [2.75, 3.05) is 7.11 Å². The summed E-state index contributed by atoms with van der Waals surface area (Å²) in [7, 11) is 1.48. The summed E-state index contributed by atoms with van der Waals surface area (Å²) in [4.78, 5) is 0. The van der Waals surface area contributed by atoms with Crippen LogP contribution < -0.4 is 10.5 Å². The first kappa shape index (κ1) is 7.88. The van der Waals surface area contributed by atoms with Gasteiger partial charge in [0.05, 0.1) is 7.11 Å². The van der Waals surface area contributed by atoms with E-state index in [0.29, 0.717) is 11.3 Å². The predicted molar refractivity (Wildman–Crippen MR) is 41.5 cm³/mol. The normalized spacial score (nSPS) is 9.64. The summed E-state index contributed by atoms with van der Waals surface area (Å²) in [6.07, 6.45) is 0. The Morgan fingerprint density at radius 3 is 2.73 bits per heavy atom. The molecule has 0 aliphatic heterocycles. The zero-order chi connectivity index (χ0) is 8.27. The first-order valence-electron chi connectivity index (χ1n) is 3.29. The largest absolute Gasteiger partial charge is 0.504 e. The van der Waals surface area contributed by atoms with E-state index >= 15 is 0 Å². The van der Waals surface area contributed by atoms with Crippen molar-refractivity contribution < 1.29 is 9.84 Å². The van der Waals surface area contributed by atoms with Gasteiger partial charge < -0.3 is 9.84 Å². The molecular weight excluding hydrogens is 142 g/mol. The standard InChI is InChI=1S/C8H10NO2/c1-11-8-6(5-9)3-2-4-7(8)10/h2-4,9-10H,5H2,1H3. The third-order valence-electron chi connectivity index (χ3n) is 1.47. The van der Waals surface area contributed by atoms with Gasteiger partial charge in [-0.25, -0.2) is 0 Å². The summed E-state index contributed by atoms with van der Waals surface area (Å²) in [6.45, 7) is 0.123. The second-order valence-electron chi connectivity index (χ2n) is 2.15. The lowest BCUT2D eigenvalue weighted by Gasteiger charge is -2.06. The van der Waals surface area contributed by atoms with Gasteiger partial charge in [0.1, 0.15) is 0 Å². The van der Waals surface area contributed by atoms with Crippen LogP contribution in [0.1, 0.15) is 5.56 Å². The van der Waals surface area contributed by atoms with E-state index in [4.69, 9.17) is 10.5 Å². The van der Waals surface area contributed by atoms with E-state index in [2.05, 4.69) is 0 Å². The quantitative estimate of drug-likeness (QED) is 0.691. The summed E-state index contributed by atoms with van der Waals surface area (Å²) >= 11 is 0. The summed E-state index contributed by atoms with van der Waals surface area (Å²) in [6, 6.07) is 4.99. The van der Waals surface area contributed by atoms with Gasteiger partial charge in [-0.3, -0.25) is 5.73 Å². The van der Waals surface area contributed by atoms with Crippen molar-refractivity contribution in [2.24, 2.45) is 0 Å². The molecule has 0 bridgehead atoms. The molecule has 0 heterocycles. The van der Waals surface area contributed by atoms with Gasteiger partial charge in [-0.2, -0.15) is 0 Å². The summed E-state index contributed by atoms with van der Waals surface area (Å²) < 4.78 is 4.90. The van der Waals surface area contributed by atoms with Crippen LogP contribution in [0.4, 0.5) is 0 Å². The topological polar surface area (TPSA) is 53.3 Å². The minimum atomic E-state index is 0.0947. The number of benzene rings is 1. The molecule has 3 heteroatoms. The Hall–Kier alpha value is -1.22. The fourth-order valence-corrected chi connectivity index (χ4v) is 0.946. The maximum absolute atomic E-state index is 9.21. The van der Waals surface area contributed by atoms with Gasteiger partial charge in [-0.15, -0.1) is 0 Å². The lowest BCUT2D eigenvalue weighted by atomic mass is 10.2. The number of phenols is 1. The van der Waals surface area contributed by atoms with E-state index in [9.17, 15) is 5.11 Å². The minimum Gasteiger partial charge on any atom is -0.504 e. The molecule has 1 aromatic rings. The molecule has 3 nitrogen and oxygen atoms in total. The first-order valence-corrected chi connectivity index (χ1v) is 3.29. The van der Waals surface area contributed by atoms with E-state index < -0.39 is 0 Å². The molecule has 11 heavy (non-hydrogen) atoms. The molecule has 1 aromatic carbocycles. The van der Waals surface area contributed by atoms with Crippen LogP contribution in [0.3, 0.4) is 0 Å². The molecule has 0 aromatic heterocycles. The minimum absolute atomic E-state index is 0.0947. The molecule has 0 aliphatic carbocycles. The van der Waals surface area contributed by atoms with Gasteiger partial charge in [0.15, 0.2) is 11.5 Å². The number of aromatic hydroxyl groups is 1. The summed E-state index contributed by atoms with van der Waals surface area (Å²) in [5.41, 5.74) is 7.79. The Kier molecular flexibility index (Phi) is 2.33. The monoisotopic (exact) mass is 152 g/mol. The molecule has 2 N–H and O–H groups in total. The number of hydrogen-bond acceptors (Lipinski definition) is 2. The molecule has 0 atom stereocenters. The van der Waals surface area contributed by atoms with E-state index in [0.717, 1.165) is 0 Å². The van der Waals surface area contributed by atoms with Crippen molar-refractivity contribution >= 4 is 0 Å². The number of hydrogen-bond donors (Lipinski definition) is 1. The molecule has 0 saturated heterocycles. The van der Waals surface area contributed by atoms with Crippen molar-refractivity contribution in [3.8, 4) is 11.5 Å². The predicted octanol–water partition coefficient (Wildman–Crippen LogP) is 1.18. The van der Waals surface area contributed by atoms with E-state index in [1.165, 1.54) is 13.2 Å². The van der Waals surface area contributed by atoms with Crippen LogP contribution in [0, 0.1) is 0 Å². The van der Waals surface area contributed by atoms with Crippen LogP contribution in [0.15, 0.2) is 18.2 Å². The number of phenolic OH excluding ortho intramolecular Hbond substituents is 1. The fourth-order valence-electron chi connectivity index (χ4n) is 0.946. The average Bonchev–Trinajstić information content (AvgIpc) is 2.04. The highest BCUT2D eigenvalue weighted by atomic mass is 16.5. The molecule has 0 saturated carbocycles. The molecule has 1 radical (unpaired) electrons. The molecule has 0 fully saturated rings. The molecule has 0 spiro atoms. The Morgan fingerprint density at radius 1 is 1.55 bits per heavy atom. The molecule has 0 unspecified atom stereocenters. The third-order valence-corrected chi connectivity index (χ3v) is 1.47. The van der Waals surface area contributed by atoms with E-state index in [1.54, 1.807) is 12.1 Å². The second-order valence-corrected chi connectivity index (χ2v) is 2.15. The van der Waals surface area contributed by atoms with Crippen LogP contribution in [0.25, 0.3) is 0 Å². The maximum atomic E-state index is 9.21. The number of rotatable bonds is 2. The average molecular weight is 152 g/mol. The molecule has 0 aliphatic rings. The van der Waals surface area contributed by atoms with Gasteiger partial charge in [0, 0.05) is 12.1 Å². The number of methoxy groups -OCH3 is 1. The highest BCUT2D eigenvalue weighted by Gasteiger charge is 2.04. The van der Waals surface area contributed by atoms with Crippen molar-refractivity contribution in [1.82, 2.24) is 5.73 Å². The van der Waals surface area contributed by atoms with Crippen LogP contribution in [-0.2, 0) is 6.54 Å². The number of ether oxygens (including phenoxy) is 1. The summed E-state index contributed by atoms with van der Waals surface area (Å²) in [5, 5.41) is 9.21. The number of nitrogens with one attached hydrogen (secondary N) is 1. The lowest BCUT2D eigenvalue weighted by Crippen LogP contribution is -1.92. The smallest absolute Gasteiger partial charge is 0.165 e. The summed E-state index contributed by atoms with van der Waals surface area (Å²) in [5.74, 6) is 0.500. The highest BCUT2D eigenvalue weighted by molar-refractivity contribution is 5.45. The van der Waals surface area contributed by atoms with Gasteiger partial charge in [0.25, 0.3) is 0 Å². The van der Waals surface area contributed by atoms with Gasteiger partial charge in [-0.1, -0.05) is 12.1 Å². The van der Waals surface area contributed by atoms with Gasteiger partial charge in [0.2, 0.25) is 0 Å². The molecular formula is C8H10NO2. The van der Waals surface area contributed by atoms with Crippen molar-refractivity contribution in [2.45, 2.75) is 6.54 Å². The molecule has 59 valence electrons. The Bertz CT molecular complexity index is 248. The Balaban J connectivity index is 3.13. The highest BCUT2D eigenvalue weighted by Crippen LogP contribution is 2.28. The van der Waals surface area contributed by atoms with Crippen LogP contribution in [0.2, 0.25) is 0 Å². The molecule has 1 rings (SSSR count). The number of para-hydroxylation sites is 1. The molecule has 0 amide bonds. The van der Waals surface area contributed by atoms with Gasteiger partial charge in [-0.05, 0) is 6.07 Å². The second kappa shape index (κ2) is 3.25. The van der Waals surface area contributed by atoms with Crippen molar-refractivity contribution in [3.63, 3.8) is 0 Å². The van der Waals surface area contributed by atoms with Crippen molar-refractivity contribution in [3.05, 3.63) is 23.8 Å². The van der Waals surface area contributed by atoms with Gasteiger partial charge >= 0.3 is 0 Å². The maximum Gasteiger partial charge on any atom is 0.165 e. The van der Waals surface area contributed by atoms with E-state index in [1.807, 2.05) is 0 Å². The zero-order valence-electron chi connectivity index (χ0n) is 6.29. The lowest BCUT2D eigenvalue weighted by molar-refractivity contribution is 0.369. The Labute approximate surface area is 65.4 Å². The zero-order valence-corrected chi connectivity index (χ0v) is 6.29. The first-order chi connectivity index (χ1) is 5.29. The third kappa shape index (κ3) is 1.43. The van der Waals surface area contributed by atoms with Crippen LogP contribution in [-0.4, -0.2) is 12.2 Å². The van der Waals surface area contributed by atoms with Crippen LogP contribution in [0.5, 0.6) is 11.5 Å². The fraction of sp³-hybridized carbons (Fsp3) is 0.250. The van der Waals surface area contributed by atoms with Crippen LogP contribution >= 0.6 is 0 Å².